The lowest BCUT2D eigenvalue weighted by Gasteiger charge is -2.27. The molecule has 1 nitrogen and oxygen atoms in total. The van der Waals surface area contributed by atoms with Gasteiger partial charge in [-0.3, -0.25) is 0 Å². The molecular weight excluding hydrogens is 194 g/mol. The van der Waals surface area contributed by atoms with Crippen molar-refractivity contribution in [3.05, 3.63) is 37.0 Å². The third-order valence-electron chi connectivity index (χ3n) is 3.60. The van der Waals surface area contributed by atoms with Crippen LogP contribution >= 0.6 is 0 Å². The van der Waals surface area contributed by atoms with Crippen LogP contribution in [0.25, 0.3) is 0 Å². The van der Waals surface area contributed by atoms with Crippen molar-refractivity contribution in [2.75, 3.05) is 13.6 Å². The van der Waals surface area contributed by atoms with E-state index in [0.29, 0.717) is 5.41 Å². The van der Waals surface area contributed by atoms with E-state index < -0.39 is 0 Å². The first-order valence-electron chi connectivity index (χ1n) is 6.36. The highest BCUT2D eigenvalue weighted by atomic mass is 14.8. The van der Waals surface area contributed by atoms with Gasteiger partial charge in [-0.25, -0.2) is 0 Å². The van der Waals surface area contributed by atoms with Crippen LogP contribution in [0.15, 0.2) is 37.0 Å². The van der Waals surface area contributed by atoms with E-state index in [9.17, 15) is 0 Å². The normalized spacial score (nSPS) is 25.4. The van der Waals surface area contributed by atoms with Gasteiger partial charge in [0, 0.05) is 12.0 Å². The number of nitrogens with one attached hydrogen (secondary N) is 1. The zero-order chi connectivity index (χ0) is 11.9. The molecule has 0 amide bonds. The van der Waals surface area contributed by atoms with Crippen LogP contribution in [0.5, 0.6) is 0 Å². The number of likely N-dealkylation sites (N-methyl/N-ethyl adjacent to an activating group) is 1. The third kappa shape index (κ3) is 3.34. The van der Waals surface area contributed by atoms with Crippen LogP contribution in [0.3, 0.4) is 0 Å². The zero-order valence-corrected chi connectivity index (χ0v) is 10.6. The van der Waals surface area contributed by atoms with Crippen LogP contribution in [-0.2, 0) is 0 Å². The number of unbranched alkanes of at least 4 members (excludes halogenated alkanes) is 1. The molecule has 90 valence electrons. The van der Waals surface area contributed by atoms with Crippen LogP contribution in [0.2, 0.25) is 0 Å². The molecule has 0 aliphatic heterocycles. The summed E-state index contributed by atoms with van der Waals surface area (Å²) in [6, 6.07) is 0. The first kappa shape index (κ1) is 13.2. The maximum atomic E-state index is 4.27. The summed E-state index contributed by atoms with van der Waals surface area (Å²) in [5.74, 6) is 0. The van der Waals surface area contributed by atoms with Gasteiger partial charge in [0.15, 0.2) is 0 Å². The lowest BCUT2D eigenvalue weighted by atomic mass is 9.78. The summed E-state index contributed by atoms with van der Waals surface area (Å²) in [6.45, 7) is 9.01. The van der Waals surface area contributed by atoms with Crippen LogP contribution in [0.4, 0.5) is 0 Å². The smallest absolute Gasteiger partial charge is 0.0132 e. The Morgan fingerprint density at radius 1 is 1.50 bits per heavy atom. The minimum absolute atomic E-state index is 0.292. The fourth-order valence-electron chi connectivity index (χ4n) is 2.59. The van der Waals surface area contributed by atoms with Gasteiger partial charge in [0.25, 0.3) is 0 Å². The maximum absolute atomic E-state index is 4.27. The molecule has 0 spiro atoms. The molecule has 0 aromatic heterocycles. The topological polar surface area (TPSA) is 12.0 Å². The molecule has 0 aromatic carbocycles. The molecule has 0 bridgehead atoms. The standard InChI is InChI=1S/C15H25N/c1-4-5-6-10-15(12-8-13-16-3)11-7-9-14(15)2/h4,8,12,16H,1-2,5-7,9-11,13H2,3H3. The molecule has 0 radical (unpaired) electrons. The van der Waals surface area contributed by atoms with Gasteiger partial charge in [-0.15, -0.1) is 6.58 Å². The van der Waals surface area contributed by atoms with Crippen molar-refractivity contribution in [1.82, 2.24) is 5.32 Å². The van der Waals surface area contributed by atoms with Crippen molar-refractivity contribution in [1.29, 1.82) is 0 Å². The van der Waals surface area contributed by atoms with Crippen molar-refractivity contribution in [2.24, 2.45) is 5.41 Å². The SMILES string of the molecule is C=CCCCC1(C=CCNC)CCCC1=C. The molecule has 0 saturated heterocycles. The Morgan fingerprint density at radius 2 is 2.31 bits per heavy atom. The van der Waals surface area contributed by atoms with Gasteiger partial charge >= 0.3 is 0 Å². The van der Waals surface area contributed by atoms with Crippen LogP contribution in [0, 0.1) is 5.41 Å². The summed E-state index contributed by atoms with van der Waals surface area (Å²) in [7, 11) is 1.98. The highest BCUT2D eigenvalue weighted by molar-refractivity contribution is 5.23. The van der Waals surface area contributed by atoms with Gasteiger partial charge < -0.3 is 5.32 Å². The van der Waals surface area contributed by atoms with E-state index in [4.69, 9.17) is 0 Å². The maximum Gasteiger partial charge on any atom is 0.0132 e. The van der Waals surface area contributed by atoms with Gasteiger partial charge in [-0.2, -0.15) is 0 Å². The average molecular weight is 219 g/mol. The predicted octanol–water partition coefficient (Wildman–Crippen LogP) is 3.84. The fourth-order valence-corrected chi connectivity index (χ4v) is 2.59. The molecule has 16 heavy (non-hydrogen) atoms. The van der Waals surface area contributed by atoms with Crippen molar-refractivity contribution >= 4 is 0 Å². The monoisotopic (exact) mass is 219 g/mol. The van der Waals surface area contributed by atoms with E-state index in [-0.39, 0.29) is 0 Å². The first-order chi connectivity index (χ1) is 7.75. The van der Waals surface area contributed by atoms with Gasteiger partial charge in [-0.1, -0.05) is 30.4 Å². The van der Waals surface area contributed by atoms with Crippen molar-refractivity contribution < 1.29 is 0 Å². The Kier molecular flexibility index (Phi) is 5.54. The lowest BCUT2D eigenvalue weighted by molar-refractivity contribution is 0.420. The van der Waals surface area contributed by atoms with Crippen LogP contribution in [-0.4, -0.2) is 13.6 Å². The Bertz CT molecular complexity index is 265. The molecule has 1 aliphatic carbocycles. The molecule has 1 atom stereocenters. The van der Waals surface area contributed by atoms with E-state index in [1.54, 1.807) is 0 Å². The molecular formula is C15H25N. The molecule has 1 unspecified atom stereocenters. The summed E-state index contributed by atoms with van der Waals surface area (Å²) >= 11 is 0. The van der Waals surface area contributed by atoms with E-state index in [0.717, 1.165) is 13.0 Å². The summed E-state index contributed by atoms with van der Waals surface area (Å²) in [5, 5.41) is 3.16. The van der Waals surface area contributed by atoms with E-state index in [1.807, 2.05) is 13.1 Å². The molecule has 0 heterocycles. The van der Waals surface area contributed by atoms with Crippen molar-refractivity contribution in [2.45, 2.75) is 38.5 Å². The molecule has 1 heteroatoms. The van der Waals surface area contributed by atoms with Crippen LogP contribution < -0.4 is 5.32 Å². The van der Waals surface area contributed by atoms with E-state index in [2.05, 4.69) is 30.6 Å². The number of hydrogen-bond acceptors (Lipinski definition) is 1. The Hall–Kier alpha value is -0.820. The summed E-state index contributed by atoms with van der Waals surface area (Å²) in [4.78, 5) is 0. The number of rotatable bonds is 7. The fraction of sp³-hybridized carbons (Fsp3) is 0.600. The number of allylic oxidation sites excluding steroid dienone is 3. The summed E-state index contributed by atoms with van der Waals surface area (Å²) in [5.41, 5.74) is 1.73. The van der Waals surface area contributed by atoms with Crippen molar-refractivity contribution in [3.63, 3.8) is 0 Å². The lowest BCUT2D eigenvalue weighted by Crippen LogP contribution is -2.16. The number of hydrogen-bond donors (Lipinski definition) is 1. The van der Waals surface area contributed by atoms with Gasteiger partial charge in [0.05, 0.1) is 0 Å². The molecule has 1 fully saturated rings. The average Bonchev–Trinajstić information content (AvgIpc) is 2.62. The van der Waals surface area contributed by atoms with Crippen LogP contribution in [0.1, 0.15) is 38.5 Å². The summed E-state index contributed by atoms with van der Waals surface area (Å²) in [6.07, 6.45) is 14.0. The van der Waals surface area contributed by atoms with Gasteiger partial charge in [0.1, 0.15) is 0 Å². The van der Waals surface area contributed by atoms with Gasteiger partial charge in [0.2, 0.25) is 0 Å². The minimum Gasteiger partial charge on any atom is -0.316 e. The highest BCUT2D eigenvalue weighted by Gasteiger charge is 2.33. The van der Waals surface area contributed by atoms with E-state index >= 15 is 0 Å². The zero-order valence-electron chi connectivity index (χ0n) is 10.6. The summed E-state index contributed by atoms with van der Waals surface area (Å²) < 4.78 is 0. The molecule has 0 aromatic rings. The second kappa shape index (κ2) is 6.70. The van der Waals surface area contributed by atoms with E-state index in [1.165, 1.54) is 37.7 Å². The second-order valence-corrected chi connectivity index (χ2v) is 4.75. The van der Waals surface area contributed by atoms with Crippen molar-refractivity contribution in [3.8, 4) is 0 Å². The highest BCUT2D eigenvalue weighted by Crippen LogP contribution is 2.46. The largest absolute Gasteiger partial charge is 0.316 e. The molecule has 1 aliphatic rings. The quantitative estimate of drug-likeness (QED) is 0.506. The van der Waals surface area contributed by atoms with Gasteiger partial charge in [-0.05, 0) is 45.6 Å². The third-order valence-corrected chi connectivity index (χ3v) is 3.60. The molecule has 1 rings (SSSR count). The minimum atomic E-state index is 0.292. The molecule has 1 saturated carbocycles. The molecule has 1 N–H and O–H groups in total. The second-order valence-electron chi connectivity index (χ2n) is 4.75. The Labute approximate surface area is 100 Å². The predicted molar refractivity (Wildman–Crippen MR) is 72.5 cm³/mol. The first-order valence-corrected chi connectivity index (χ1v) is 6.36. The Morgan fingerprint density at radius 3 is 2.88 bits per heavy atom. The Balaban J connectivity index is 2.60.